The van der Waals surface area contributed by atoms with Crippen LogP contribution in [0.25, 0.3) is 0 Å². The maximum absolute atomic E-state index is 13.2. The van der Waals surface area contributed by atoms with E-state index < -0.39 is 11.9 Å². The van der Waals surface area contributed by atoms with Crippen molar-refractivity contribution in [2.75, 3.05) is 32.8 Å². The highest BCUT2D eigenvalue weighted by Crippen LogP contribution is 2.46. The Morgan fingerprint density at radius 1 is 0.967 bits per heavy atom. The molecular weight excluding hydrogens is 386 g/mol. The average molecular weight is 409 g/mol. The smallest absolute Gasteiger partial charge is 0.336 e. The fourth-order valence-electron chi connectivity index (χ4n) is 4.03. The molecule has 2 aromatic carbocycles. The summed E-state index contributed by atoms with van der Waals surface area (Å²) in [6.45, 7) is 2.05. The number of methoxy groups -OCH3 is 3. The summed E-state index contributed by atoms with van der Waals surface area (Å²) >= 11 is 0. The number of anilines is 1. The highest BCUT2D eigenvalue weighted by molar-refractivity contribution is 6.06. The third-order valence-electron chi connectivity index (χ3n) is 5.50. The zero-order valence-electron chi connectivity index (χ0n) is 17.4. The Labute approximate surface area is 174 Å². The minimum atomic E-state index is -0.460. The van der Waals surface area contributed by atoms with Crippen LogP contribution in [0, 0.1) is 6.92 Å². The van der Waals surface area contributed by atoms with Crippen molar-refractivity contribution in [3.63, 3.8) is 0 Å². The molecule has 7 nitrogen and oxygen atoms in total. The number of benzene rings is 2. The summed E-state index contributed by atoms with van der Waals surface area (Å²) in [5.41, 5.74) is 3.61. The van der Waals surface area contributed by atoms with Crippen LogP contribution in [-0.2, 0) is 14.3 Å². The second-order valence-corrected chi connectivity index (χ2v) is 7.22. The zero-order valence-corrected chi connectivity index (χ0v) is 17.4. The van der Waals surface area contributed by atoms with E-state index in [1.807, 2.05) is 31.2 Å². The van der Waals surface area contributed by atoms with E-state index in [2.05, 4.69) is 0 Å². The first-order valence-corrected chi connectivity index (χ1v) is 9.58. The van der Waals surface area contributed by atoms with Gasteiger partial charge in [-0.3, -0.25) is 9.69 Å². The van der Waals surface area contributed by atoms with Crippen LogP contribution >= 0.6 is 0 Å². The Balaban J connectivity index is 1.84. The van der Waals surface area contributed by atoms with Crippen molar-refractivity contribution in [1.82, 2.24) is 0 Å². The van der Waals surface area contributed by atoms with E-state index in [9.17, 15) is 9.59 Å². The molecule has 156 valence electrons. The van der Waals surface area contributed by atoms with Gasteiger partial charge in [0, 0.05) is 18.0 Å². The van der Waals surface area contributed by atoms with Gasteiger partial charge >= 0.3 is 5.97 Å². The van der Waals surface area contributed by atoms with Crippen molar-refractivity contribution in [1.29, 1.82) is 0 Å². The molecule has 2 heterocycles. The van der Waals surface area contributed by atoms with Crippen LogP contribution in [0.2, 0.25) is 0 Å². The fourth-order valence-corrected chi connectivity index (χ4v) is 4.03. The molecule has 0 bridgehead atoms. The maximum Gasteiger partial charge on any atom is 0.336 e. The number of aryl methyl sites for hydroxylation is 1. The first-order chi connectivity index (χ1) is 14.5. The van der Waals surface area contributed by atoms with Crippen molar-refractivity contribution in [3.8, 4) is 17.2 Å². The summed E-state index contributed by atoms with van der Waals surface area (Å²) in [4.78, 5) is 27.4. The normalized spacial score (nSPS) is 18.3. The summed E-state index contributed by atoms with van der Waals surface area (Å²) in [5.74, 6) is 0.416. The molecule has 0 aliphatic carbocycles. The SMILES string of the molecule is COc1cc(C2CC(=O)N(c3ccc(C)cc3)C3=C2C(=O)OC3)cc(OC)c1OC. The molecule has 1 atom stereocenters. The number of ether oxygens (including phenoxy) is 4. The van der Waals surface area contributed by atoms with Crippen LogP contribution in [-0.4, -0.2) is 39.8 Å². The van der Waals surface area contributed by atoms with Gasteiger partial charge in [0.1, 0.15) is 6.61 Å². The number of rotatable bonds is 5. The molecule has 2 aliphatic rings. The van der Waals surface area contributed by atoms with Gasteiger partial charge in [-0.25, -0.2) is 4.79 Å². The number of cyclic esters (lactones) is 1. The number of hydrogen-bond acceptors (Lipinski definition) is 6. The van der Waals surface area contributed by atoms with E-state index in [-0.39, 0.29) is 18.9 Å². The predicted octanol–water partition coefficient (Wildman–Crippen LogP) is 3.35. The summed E-state index contributed by atoms with van der Waals surface area (Å²) in [6, 6.07) is 11.2. The molecule has 0 radical (unpaired) electrons. The molecule has 1 unspecified atom stereocenters. The van der Waals surface area contributed by atoms with Crippen molar-refractivity contribution in [2.45, 2.75) is 19.3 Å². The second-order valence-electron chi connectivity index (χ2n) is 7.22. The minimum absolute atomic E-state index is 0.0642. The van der Waals surface area contributed by atoms with E-state index in [4.69, 9.17) is 18.9 Å². The van der Waals surface area contributed by atoms with Crippen LogP contribution in [0.4, 0.5) is 5.69 Å². The second kappa shape index (κ2) is 7.74. The largest absolute Gasteiger partial charge is 0.493 e. The highest BCUT2D eigenvalue weighted by Gasteiger charge is 2.43. The molecule has 0 aromatic heterocycles. The molecule has 4 rings (SSSR count). The predicted molar refractivity (Wildman–Crippen MR) is 110 cm³/mol. The minimum Gasteiger partial charge on any atom is -0.493 e. The Morgan fingerprint density at radius 2 is 1.60 bits per heavy atom. The lowest BCUT2D eigenvalue weighted by Gasteiger charge is -2.32. The van der Waals surface area contributed by atoms with E-state index in [0.29, 0.717) is 28.5 Å². The third-order valence-corrected chi connectivity index (χ3v) is 5.50. The Kier molecular flexibility index (Phi) is 5.11. The lowest BCUT2D eigenvalue weighted by molar-refractivity contribution is -0.136. The lowest BCUT2D eigenvalue weighted by Crippen LogP contribution is -2.37. The average Bonchev–Trinajstić information content (AvgIpc) is 3.14. The van der Waals surface area contributed by atoms with E-state index in [1.165, 1.54) is 21.3 Å². The highest BCUT2D eigenvalue weighted by atomic mass is 16.5. The van der Waals surface area contributed by atoms with Crippen molar-refractivity contribution in [2.24, 2.45) is 0 Å². The van der Waals surface area contributed by atoms with Crippen molar-refractivity contribution in [3.05, 3.63) is 58.8 Å². The zero-order chi connectivity index (χ0) is 21.4. The molecule has 0 saturated carbocycles. The third kappa shape index (κ3) is 3.16. The monoisotopic (exact) mass is 409 g/mol. The molecule has 0 N–H and O–H groups in total. The number of esters is 1. The van der Waals surface area contributed by atoms with Crippen LogP contribution in [0.1, 0.15) is 23.5 Å². The summed E-state index contributed by atoms with van der Waals surface area (Å²) in [7, 11) is 4.58. The van der Waals surface area contributed by atoms with Gasteiger partial charge in [0.25, 0.3) is 0 Å². The van der Waals surface area contributed by atoms with Gasteiger partial charge in [0.05, 0.1) is 32.6 Å². The molecule has 2 aliphatic heterocycles. The molecule has 1 amide bonds. The standard InChI is InChI=1S/C23H23NO6/c1-13-5-7-15(8-6-13)24-17-12-30-23(26)21(17)16(11-20(24)25)14-9-18(27-2)22(29-4)19(10-14)28-3/h5-10,16H,11-12H2,1-4H3. The Hall–Kier alpha value is -3.48. The molecule has 0 fully saturated rings. The van der Waals surface area contributed by atoms with Crippen LogP contribution < -0.4 is 19.1 Å². The number of carbonyl (C=O) groups excluding carboxylic acids is 2. The first-order valence-electron chi connectivity index (χ1n) is 9.58. The number of hydrogen-bond donors (Lipinski definition) is 0. The number of amides is 1. The van der Waals surface area contributed by atoms with Crippen molar-refractivity contribution >= 4 is 17.6 Å². The summed E-state index contributed by atoms with van der Waals surface area (Å²) in [6.07, 6.45) is 0.125. The molecule has 2 aromatic rings. The maximum atomic E-state index is 13.2. The van der Waals surface area contributed by atoms with Gasteiger partial charge in [-0.1, -0.05) is 17.7 Å². The van der Waals surface area contributed by atoms with Crippen LogP contribution in [0.5, 0.6) is 17.2 Å². The molecular formula is C23H23NO6. The molecule has 0 saturated heterocycles. The van der Waals surface area contributed by atoms with Gasteiger partial charge in [0.2, 0.25) is 11.7 Å². The summed E-state index contributed by atoms with van der Waals surface area (Å²) < 4.78 is 21.6. The molecule has 30 heavy (non-hydrogen) atoms. The first kappa shape index (κ1) is 19.8. The number of carbonyl (C=O) groups is 2. The molecule has 7 heteroatoms. The van der Waals surface area contributed by atoms with E-state index >= 15 is 0 Å². The van der Waals surface area contributed by atoms with Gasteiger partial charge < -0.3 is 18.9 Å². The number of nitrogens with zero attached hydrogens (tertiary/aromatic N) is 1. The fraction of sp³-hybridized carbons (Fsp3) is 0.304. The van der Waals surface area contributed by atoms with E-state index in [1.54, 1.807) is 17.0 Å². The Bertz CT molecular complexity index is 1020. The van der Waals surface area contributed by atoms with Crippen LogP contribution in [0.15, 0.2) is 47.7 Å². The lowest BCUT2D eigenvalue weighted by atomic mass is 9.83. The van der Waals surface area contributed by atoms with Gasteiger partial charge in [-0.15, -0.1) is 0 Å². The van der Waals surface area contributed by atoms with Gasteiger partial charge in [-0.05, 0) is 36.8 Å². The Morgan fingerprint density at radius 3 is 2.17 bits per heavy atom. The van der Waals surface area contributed by atoms with Gasteiger partial charge in [0.15, 0.2) is 11.5 Å². The van der Waals surface area contributed by atoms with E-state index in [0.717, 1.165) is 16.8 Å². The molecule has 0 spiro atoms. The topological polar surface area (TPSA) is 74.3 Å². The van der Waals surface area contributed by atoms with Crippen molar-refractivity contribution < 1.29 is 28.5 Å². The summed E-state index contributed by atoms with van der Waals surface area (Å²) in [5, 5.41) is 0. The van der Waals surface area contributed by atoms with Gasteiger partial charge in [-0.2, -0.15) is 0 Å². The van der Waals surface area contributed by atoms with Crippen LogP contribution in [0.3, 0.4) is 0 Å². The quantitative estimate of drug-likeness (QED) is 0.705.